The molecule has 0 spiro atoms. The SMILES string of the molecule is Cc1c(Br)cnn1C(C)C(=O)Nc1ccn(Cc2c(F)cccc2Cl)n1. The molecule has 136 valence electrons. The maximum Gasteiger partial charge on any atom is 0.250 e. The van der Waals surface area contributed by atoms with E-state index in [9.17, 15) is 9.18 Å². The van der Waals surface area contributed by atoms with Gasteiger partial charge in [0.1, 0.15) is 11.9 Å². The zero-order valence-corrected chi connectivity index (χ0v) is 16.4. The first-order chi connectivity index (χ1) is 12.4. The van der Waals surface area contributed by atoms with Crippen molar-refractivity contribution in [2.45, 2.75) is 26.4 Å². The van der Waals surface area contributed by atoms with Crippen molar-refractivity contribution in [3.05, 3.63) is 63.2 Å². The van der Waals surface area contributed by atoms with Crippen LogP contribution >= 0.6 is 27.5 Å². The number of nitrogens with zero attached hydrogens (tertiary/aromatic N) is 4. The lowest BCUT2D eigenvalue weighted by Gasteiger charge is -2.13. The molecular formula is C17H16BrClFN5O. The molecule has 0 fully saturated rings. The van der Waals surface area contributed by atoms with E-state index < -0.39 is 11.9 Å². The Labute approximate surface area is 163 Å². The molecule has 1 amide bonds. The van der Waals surface area contributed by atoms with Gasteiger partial charge in [0.15, 0.2) is 5.82 Å². The molecule has 1 unspecified atom stereocenters. The summed E-state index contributed by atoms with van der Waals surface area (Å²) in [6.45, 7) is 3.79. The van der Waals surface area contributed by atoms with Gasteiger partial charge in [0.25, 0.3) is 0 Å². The molecule has 0 bridgehead atoms. The Morgan fingerprint density at radius 1 is 1.42 bits per heavy atom. The summed E-state index contributed by atoms with van der Waals surface area (Å²) in [6, 6.07) is 5.66. The predicted molar refractivity (Wildman–Crippen MR) is 101 cm³/mol. The topological polar surface area (TPSA) is 64.7 Å². The molecule has 0 saturated carbocycles. The lowest BCUT2D eigenvalue weighted by atomic mass is 10.2. The van der Waals surface area contributed by atoms with Crippen LogP contribution in [0.15, 0.2) is 41.1 Å². The maximum absolute atomic E-state index is 13.9. The molecule has 2 aromatic heterocycles. The third kappa shape index (κ3) is 3.81. The Balaban J connectivity index is 1.70. The Bertz CT molecular complexity index is 934. The van der Waals surface area contributed by atoms with Gasteiger partial charge in [-0.1, -0.05) is 17.7 Å². The van der Waals surface area contributed by atoms with Gasteiger partial charge in [0, 0.05) is 22.8 Å². The van der Waals surface area contributed by atoms with E-state index >= 15 is 0 Å². The Hall–Kier alpha value is -2.19. The number of aromatic nitrogens is 4. The summed E-state index contributed by atoms with van der Waals surface area (Å²) in [5.41, 5.74) is 1.20. The van der Waals surface area contributed by atoms with E-state index in [0.717, 1.165) is 10.2 Å². The molecule has 1 atom stereocenters. The van der Waals surface area contributed by atoms with Crippen molar-refractivity contribution in [3.63, 3.8) is 0 Å². The van der Waals surface area contributed by atoms with Gasteiger partial charge in [-0.05, 0) is 41.9 Å². The first-order valence-corrected chi connectivity index (χ1v) is 9.00. The Morgan fingerprint density at radius 2 is 2.19 bits per heavy atom. The molecule has 0 aliphatic carbocycles. The standard InChI is InChI=1S/C17H16BrClFN5O/c1-10-13(18)8-21-25(10)11(2)17(26)22-16-6-7-24(23-16)9-12-14(19)4-3-5-15(12)20/h3-8,11H,9H2,1-2H3,(H,22,23,26). The van der Waals surface area contributed by atoms with Crippen LogP contribution in [-0.2, 0) is 11.3 Å². The number of hydrogen-bond acceptors (Lipinski definition) is 3. The van der Waals surface area contributed by atoms with Crippen molar-refractivity contribution >= 4 is 39.3 Å². The molecule has 9 heteroatoms. The number of hydrogen-bond donors (Lipinski definition) is 1. The van der Waals surface area contributed by atoms with Crippen LogP contribution in [0, 0.1) is 12.7 Å². The largest absolute Gasteiger partial charge is 0.307 e. The lowest BCUT2D eigenvalue weighted by molar-refractivity contribution is -0.119. The Morgan fingerprint density at radius 3 is 2.85 bits per heavy atom. The number of rotatable bonds is 5. The number of amides is 1. The minimum Gasteiger partial charge on any atom is -0.307 e. The van der Waals surface area contributed by atoms with E-state index in [4.69, 9.17) is 11.6 Å². The number of halogens is 3. The second kappa shape index (κ2) is 7.59. The maximum atomic E-state index is 13.9. The smallest absolute Gasteiger partial charge is 0.250 e. The van der Waals surface area contributed by atoms with Crippen molar-refractivity contribution in [2.24, 2.45) is 0 Å². The summed E-state index contributed by atoms with van der Waals surface area (Å²) < 4.78 is 17.8. The summed E-state index contributed by atoms with van der Waals surface area (Å²) in [7, 11) is 0. The van der Waals surface area contributed by atoms with Gasteiger partial charge in [-0.2, -0.15) is 10.2 Å². The number of carbonyl (C=O) groups excluding carboxylic acids is 1. The number of anilines is 1. The zero-order valence-electron chi connectivity index (χ0n) is 14.1. The molecule has 0 aliphatic heterocycles. The van der Waals surface area contributed by atoms with E-state index in [1.807, 2.05) is 6.92 Å². The highest BCUT2D eigenvalue weighted by molar-refractivity contribution is 9.10. The third-order valence-electron chi connectivity index (χ3n) is 4.00. The highest BCUT2D eigenvalue weighted by atomic mass is 79.9. The highest BCUT2D eigenvalue weighted by Gasteiger charge is 2.19. The van der Waals surface area contributed by atoms with Crippen LogP contribution in [0.1, 0.15) is 24.2 Å². The van der Waals surface area contributed by atoms with Crippen LogP contribution in [0.2, 0.25) is 5.02 Å². The molecule has 0 radical (unpaired) electrons. The van der Waals surface area contributed by atoms with Crippen molar-refractivity contribution in [3.8, 4) is 0 Å². The van der Waals surface area contributed by atoms with Crippen LogP contribution < -0.4 is 5.32 Å². The van der Waals surface area contributed by atoms with Gasteiger partial charge < -0.3 is 5.32 Å². The van der Waals surface area contributed by atoms with E-state index in [0.29, 0.717) is 16.4 Å². The minimum atomic E-state index is -0.507. The van der Waals surface area contributed by atoms with Crippen molar-refractivity contribution in [2.75, 3.05) is 5.32 Å². The fraction of sp³-hybridized carbons (Fsp3) is 0.235. The molecule has 3 aromatic rings. The molecule has 1 aromatic carbocycles. The predicted octanol–water partition coefficient (Wildman–Crippen LogP) is 4.19. The fourth-order valence-electron chi connectivity index (χ4n) is 2.50. The van der Waals surface area contributed by atoms with E-state index in [1.54, 1.807) is 42.2 Å². The fourth-order valence-corrected chi connectivity index (χ4v) is 2.99. The molecular weight excluding hydrogens is 425 g/mol. The van der Waals surface area contributed by atoms with Crippen LogP contribution in [-0.4, -0.2) is 25.5 Å². The quantitative estimate of drug-likeness (QED) is 0.647. The second-order valence-electron chi connectivity index (χ2n) is 5.79. The Kier molecular flexibility index (Phi) is 5.43. The molecule has 1 N–H and O–H groups in total. The molecule has 2 heterocycles. The number of nitrogens with one attached hydrogen (secondary N) is 1. The number of carbonyl (C=O) groups is 1. The summed E-state index contributed by atoms with van der Waals surface area (Å²) >= 11 is 9.41. The van der Waals surface area contributed by atoms with Gasteiger partial charge in [-0.3, -0.25) is 14.2 Å². The van der Waals surface area contributed by atoms with Gasteiger partial charge in [0.2, 0.25) is 5.91 Å². The summed E-state index contributed by atoms with van der Waals surface area (Å²) in [6.07, 6.45) is 3.30. The highest BCUT2D eigenvalue weighted by Crippen LogP contribution is 2.21. The molecule has 26 heavy (non-hydrogen) atoms. The summed E-state index contributed by atoms with van der Waals surface area (Å²) in [4.78, 5) is 12.4. The second-order valence-corrected chi connectivity index (χ2v) is 7.05. The van der Waals surface area contributed by atoms with Gasteiger partial charge in [-0.25, -0.2) is 4.39 Å². The molecule has 0 saturated heterocycles. The van der Waals surface area contributed by atoms with E-state index in [-0.39, 0.29) is 12.5 Å². The minimum absolute atomic E-state index is 0.169. The molecule has 6 nitrogen and oxygen atoms in total. The van der Waals surface area contributed by atoms with Crippen molar-refractivity contribution in [1.29, 1.82) is 0 Å². The average Bonchev–Trinajstić information content (AvgIpc) is 3.18. The lowest BCUT2D eigenvalue weighted by Crippen LogP contribution is -2.25. The first-order valence-electron chi connectivity index (χ1n) is 7.83. The van der Waals surface area contributed by atoms with Crippen LogP contribution in [0.5, 0.6) is 0 Å². The van der Waals surface area contributed by atoms with Crippen molar-refractivity contribution in [1.82, 2.24) is 19.6 Å². The van der Waals surface area contributed by atoms with Crippen LogP contribution in [0.4, 0.5) is 10.2 Å². The average molecular weight is 441 g/mol. The van der Waals surface area contributed by atoms with E-state index in [2.05, 4.69) is 31.4 Å². The van der Waals surface area contributed by atoms with E-state index in [1.165, 1.54) is 10.7 Å². The summed E-state index contributed by atoms with van der Waals surface area (Å²) in [5, 5.41) is 11.5. The third-order valence-corrected chi connectivity index (χ3v) is 5.14. The first kappa shape index (κ1) is 18.6. The molecule has 3 rings (SSSR count). The normalized spacial score (nSPS) is 12.2. The summed E-state index contributed by atoms with van der Waals surface area (Å²) in [5.74, 6) is -0.275. The van der Waals surface area contributed by atoms with Crippen LogP contribution in [0.25, 0.3) is 0 Å². The van der Waals surface area contributed by atoms with Crippen molar-refractivity contribution < 1.29 is 9.18 Å². The zero-order chi connectivity index (χ0) is 18.8. The van der Waals surface area contributed by atoms with Gasteiger partial charge in [0.05, 0.1) is 22.9 Å². The van der Waals surface area contributed by atoms with Gasteiger partial charge in [-0.15, -0.1) is 0 Å². The monoisotopic (exact) mass is 439 g/mol. The van der Waals surface area contributed by atoms with Crippen LogP contribution in [0.3, 0.4) is 0 Å². The van der Waals surface area contributed by atoms with Gasteiger partial charge >= 0.3 is 0 Å². The molecule has 0 aliphatic rings. The number of benzene rings is 1.